The number of likely N-dealkylation sites (tertiary alicyclic amines) is 1. The summed E-state index contributed by atoms with van der Waals surface area (Å²) < 4.78 is 10.2. The average Bonchev–Trinajstić information content (AvgIpc) is 3.42. The average molecular weight is 532 g/mol. The van der Waals surface area contributed by atoms with Crippen LogP contribution in [0.5, 0.6) is 0 Å². The number of thiophene rings is 1. The third-order valence-electron chi connectivity index (χ3n) is 4.72. The van der Waals surface area contributed by atoms with Gasteiger partial charge in [0.2, 0.25) is 0 Å². The molecule has 0 saturated carbocycles. The molecule has 0 radical (unpaired) electrons. The molecule has 1 amide bonds. The third-order valence-corrected chi connectivity index (χ3v) is 5.66. The van der Waals surface area contributed by atoms with Crippen LogP contribution in [-0.4, -0.2) is 56.3 Å². The summed E-state index contributed by atoms with van der Waals surface area (Å²) >= 11 is 1.76. The number of carbonyl (C=O) groups excluding carboxylic acids is 1. The fourth-order valence-electron chi connectivity index (χ4n) is 3.17. The highest BCUT2D eigenvalue weighted by Gasteiger charge is 2.23. The minimum Gasteiger partial charge on any atom is -0.469 e. The number of aliphatic imine (C=N–C) groups is 1. The van der Waals surface area contributed by atoms with Crippen LogP contribution in [0.2, 0.25) is 0 Å². The first-order chi connectivity index (χ1) is 13.7. The maximum Gasteiger partial charge on any atom is 0.409 e. The van der Waals surface area contributed by atoms with Crippen molar-refractivity contribution in [2.45, 2.75) is 31.7 Å². The van der Waals surface area contributed by atoms with Crippen LogP contribution in [-0.2, 0) is 17.6 Å². The Balaban J connectivity index is 0.00000300. The number of carbonyl (C=O) groups is 1. The number of methoxy groups -OCH3 is 1. The Labute approximate surface area is 192 Å². The molecule has 9 heteroatoms. The van der Waals surface area contributed by atoms with Crippen molar-refractivity contribution in [2.24, 2.45) is 4.99 Å². The number of halogens is 1. The van der Waals surface area contributed by atoms with E-state index >= 15 is 0 Å². The molecule has 0 atom stereocenters. The second-order valence-electron chi connectivity index (χ2n) is 6.69. The fourth-order valence-corrected chi connectivity index (χ4v) is 3.87. The van der Waals surface area contributed by atoms with Crippen LogP contribution in [0.1, 0.15) is 23.5 Å². The zero-order valence-corrected chi connectivity index (χ0v) is 19.8. The lowest BCUT2D eigenvalue weighted by atomic mass is 10.1. The number of guanidine groups is 1. The standard InChI is InChI=1S/C20H28N4O3S.HI/c1-26-20(25)24-12-8-16(9-13-24)23-19(21-10-6-17-4-2-14-27-17)22-11-7-18-5-3-15-28-18;/h2-5,14-16H,6-13H2,1H3,(H2,21,22,23);1H. The molecule has 29 heavy (non-hydrogen) atoms. The number of amides is 1. The molecule has 0 unspecified atom stereocenters. The van der Waals surface area contributed by atoms with Crippen LogP contribution >= 0.6 is 35.3 Å². The van der Waals surface area contributed by atoms with E-state index in [2.05, 4.69) is 28.1 Å². The molecule has 0 spiro atoms. The summed E-state index contributed by atoms with van der Waals surface area (Å²) in [5.41, 5.74) is 0. The van der Waals surface area contributed by atoms with Crippen molar-refractivity contribution in [3.8, 4) is 0 Å². The molecule has 7 nitrogen and oxygen atoms in total. The second-order valence-corrected chi connectivity index (χ2v) is 7.72. The van der Waals surface area contributed by atoms with Crippen molar-refractivity contribution in [3.63, 3.8) is 0 Å². The van der Waals surface area contributed by atoms with Gasteiger partial charge in [-0.3, -0.25) is 4.99 Å². The molecule has 2 N–H and O–H groups in total. The summed E-state index contributed by atoms with van der Waals surface area (Å²) in [6.45, 7) is 2.87. The highest BCUT2D eigenvalue weighted by atomic mass is 127. The molecule has 3 rings (SSSR count). The highest BCUT2D eigenvalue weighted by molar-refractivity contribution is 14.0. The molecule has 0 aromatic carbocycles. The SMILES string of the molecule is COC(=O)N1CCC(NC(=NCCc2cccs2)NCCc2ccco2)CC1.I. The van der Waals surface area contributed by atoms with Crippen LogP contribution in [0.25, 0.3) is 0 Å². The lowest BCUT2D eigenvalue weighted by Crippen LogP contribution is -2.50. The van der Waals surface area contributed by atoms with Gasteiger partial charge in [0, 0.05) is 49.9 Å². The highest BCUT2D eigenvalue weighted by Crippen LogP contribution is 2.12. The van der Waals surface area contributed by atoms with E-state index in [1.54, 1.807) is 22.5 Å². The molecule has 0 aliphatic carbocycles. The summed E-state index contributed by atoms with van der Waals surface area (Å²) in [6, 6.07) is 8.38. The Bertz CT molecular complexity index is 729. The van der Waals surface area contributed by atoms with Gasteiger partial charge in [-0.25, -0.2) is 4.79 Å². The van der Waals surface area contributed by atoms with Gasteiger partial charge in [-0.2, -0.15) is 0 Å². The largest absolute Gasteiger partial charge is 0.469 e. The Morgan fingerprint density at radius 1 is 1.31 bits per heavy atom. The van der Waals surface area contributed by atoms with Crippen LogP contribution in [0.15, 0.2) is 45.3 Å². The van der Waals surface area contributed by atoms with E-state index in [-0.39, 0.29) is 36.1 Å². The lowest BCUT2D eigenvalue weighted by Gasteiger charge is -2.32. The number of ether oxygens (including phenoxy) is 1. The van der Waals surface area contributed by atoms with E-state index in [0.717, 1.165) is 50.5 Å². The number of nitrogens with one attached hydrogen (secondary N) is 2. The van der Waals surface area contributed by atoms with Crippen molar-refractivity contribution in [1.29, 1.82) is 0 Å². The Kier molecular flexibility index (Phi) is 10.3. The summed E-state index contributed by atoms with van der Waals surface area (Å²) in [5, 5.41) is 9.03. The molecule has 1 saturated heterocycles. The molecule has 3 heterocycles. The van der Waals surface area contributed by atoms with Crippen molar-refractivity contribution < 1.29 is 13.9 Å². The van der Waals surface area contributed by atoms with Gasteiger partial charge in [-0.05, 0) is 36.4 Å². The van der Waals surface area contributed by atoms with E-state index in [4.69, 9.17) is 14.1 Å². The Hall–Kier alpha value is -1.75. The van der Waals surface area contributed by atoms with Gasteiger partial charge in [-0.1, -0.05) is 6.07 Å². The van der Waals surface area contributed by atoms with Crippen LogP contribution < -0.4 is 10.6 Å². The minimum atomic E-state index is -0.250. The first-order valence-corrected chi connectivity index (χ1v) is 10.5. The molecule has 1 fully saturated rings. The van der Waals surface area contributed by atoms with E-state index < -0.39 is 0 Å². The molecule has 160 valence electrons. The number of nitrogens with zero attached hydrogens (tertiary/aromatic N) is 2. The van der Waals surface area contributed by atoms with E-state index in [1.165, 1.54) is 12.0 Å². The maximum atomic E-state index is 11.6. The summed E-state index contributed by atoms with van der Waals surface area (Å²) in [4.78, 5) is 19.5. The molecule has 0 bridgehead atoms. The van der Waals surface area contributed by atoms with E-state index in [1.807, 2.05) is 12.1 Å². The Morgan fingerprint density at radius 2 is 2.14 bits per heavy atom. The van der Waals surface area contributed by atoms with Crippen LogP contribution in [0, 0.1) is 0 Å². The van der Waals surface area contributed by atoms with Crippen molar-refractivity contribution in [1.82, 2.24) is 15.5 Å². The molecule has 1 aliphatic heterocycles. The van der Waals surface area contributed by atoms with Gasteiger partial charge in [0.1, 0.15) is 5.76 Å². The molecule has 2 aromatic rings. The smallest absolute Gasteiger partial charge is 0.409 e. The molecule has 2 aromatic heterocycles. The number of rotatable bonds is 7. The zero-order chi connectivity index (χ0) is 19.6. The van der Waals surface area contributed by atoms with E-state index in [9.17, 15) is 4.79 Å². The van der Waals surface area contributed by atoms with E-state index in [0.29, 0.717) is 13.1 Å². The number of piperidine rings is 1. The van der Waals surface area contributed by atoms with Crippen LogP contribution in [0.3, 0.4) is 0 Å². The summed E-state index contributed by atoms with van der Waals surface area (Å²) in [7, 11) is 1.42. The van der Waals surface area contributed by atoms with Gasteiger partial charge in [0.25, 0.3) is 0 Å². The van der Waals surface area contributed by atoms with Gasteiger partial charge in [0.05, 0.1) is 13.4 Å². The normalized spacial score (nSPS) is 14.9. The minimum absolute atomic E-state index is 0. The molecular formula is C20H29IN4O3S. The first kappa shape index (κ1) is 23.5. The zero-order valence-electron chi connectivity index (χ0n) is 16.6. The van der Waals surface area contributed by atoms with Gasteiger partial charge in [-0.15, -0.1) is 35.3 Å². The summed E-state index contributed by atoms with van der Waals surface area (Å²) in [6.07, 6.45) is 4.93. The number of hydrogen-bond donors (Lipinski definition) is 2. The van der Waals surface area contributed by atoms with Crippen LogP contribution in [0.4, 0.5) is 4.79 Å². The maximum absolute atomic E-state index is 11.6. The summed E-state index contributed by atoms with van der Waals surface area (Å²) in [5.74, 6) is 1.77. The fraction of sp³-hybridized carbons (Fsp3) is 0.500. The predicted octanol–water partition coefficient (Wildman–Crippen LogP) is 3.51. The molecule has 1 aliphatic rings. The van der Waals surface area contributed by atoms with Crippen molar-refractivity contribution in [3.05, 3.63) is 46.5 Å². The van der Waals surface area contributed by atoms with Crippen molar-refractivity contribution >= 4 is 47.4 Å². The number of furan rings is 1. The monoisotopic (exact) mass is 532 g/mol. The topological polar surface area (TPSA) is 79.1 Å². The van der Waals surface area contributed by atoms with Gasteiger partial charge >= 0.3 is 6.09 Å². The quantitative estimate of drug-likeness (QED) is 0.324. The van der Waals surface area contributed by atoms with Gasteiger partial charge in [0.15, 0.2) is 5.96 Å². The number of hydrogen-bond acceptors (Lipinski definition) is 5. The Morgan fingerprint density at radius 3 is 2.79 bits per heavy atom. The molecular weight excluding hydrogens is 503 g/mol. The first-order valence-electron chi connectivity index (χ1n) is 9.67. The van der Waals surface area contributed by atoms with Gasteiger partial charge < -0.3 is 24.7 Å². The van der Waals surface area contributed by atoms with Crippen molar-refractivity contribution in [2.75, 3.05) is 33.3 Å². The predicted molar refractivity (Wildman–Crippen MR) is 126 cm³/mol. The third kappa shape index (κ3) is 7.88. The lowest BCUT2D eigenvalue weighted by molar-refractivity contribution is 0.111. The second kappa shape index (κ2) is 12.7.